The highest BCUT2D eigenvalue weighted by atomic mass is 35.5. The van der Waals surface area contributed by atoms with Gasteiger partial charge >= 0.3 is 0 Å². The van der Waals surface area contributed by atoms with Crippen LogP contribution >= 0.6 is 34.8 Å². The summed E-state index contributed by atoms with van der Waals surface area (Å²) in [6, 6.07) is 3.57. The van der Waals surface area contributed by atoms with Crippen molar-refractivity contribution in [3.8, 4) is 11.5 Å². The second-order valence-corrected chi connectivity index (χ2v) is 6.05. The number of unbranched alkanes of at least 4 members (excludes halogenated alkanes) is 2. The lowest BCUT2D eigenvalue weighted by atomic mass is 10.2. The topological polar surface area (TPSA) is 53.7 Å². The summed E-state index contributed by atoms with van der Waals surface area (Å²) in [6.07, 6.45) is 4.37. The normalized spacial score (nSPS) is 10.4. The minimum absolute atomic E-state index is 0.169. The maximum Gasteiger partial charge on any atom is 0.141 e. The zero-order valence-corrected chi connectivity index (χ0v) is 14.7. The van der Waals surface area contributed by atoms with Crippen molar-refractivity contribution in [3.63, 3.8) is 0 Å². The molecule has 0 aromatic heterocycles. The van der Waals surface area contributed by atoms with E-state index in [2.05, 4.69) is 4.84 Å². The van der Waals surface area contributed by atoms with Crippen molar-refractivity contribution in [3.05, 3.63) is 33.3 Å². The van der Waals surface area contributed by atoms with Gasteiger partial charge in [0.2, 0.25) is 0 Å². The van der Waals surface area contributed by atoms with Crippen LogP contribution in [0.3, 0.4) is 0 Å². The van der Waals surface area contributed by atoms with E-state index in [1.54, 1.807) is 12.1 Å². The standard InChI is InChI=1S/C15H20Cl3NO3/c1-11-9-12(20-8-5-14(17)18)10-13(16)15(11)21-6-3-2-4-7-22-19/h5,9-10H,2-4,6-8,19H2,1H3. The molecule has 0 aliphatic carbocycles. The molecule has 0 aliphatic rings. The number of ether oxygens (including phenoxy) is 2. The molecule has 0 heterocycles. The van der Waals surface area contributed by atoms with E-state index in [0.29, 0.717) is 29.7 Å². The molecule has 0 radical (unpaired) electrons. The van der Waals surface area contributed by atoms with E-state index in [-0.39, 0.29) is 11.1 Å². The first kappa shape index (κ1) is 19.4. The second-order valence-electron chi connectivity index (χ2n) is 4.64. The number of hydrogen-bond donors (Lipinski definition) is 1. The highest BCUT2D eigenvalue weighted by Crippen LogP contribution is 2.33. The van der Waals surface area contributed by atoms with Gasteiger partial charge in [0, 0.05) is 6.07 Å². The van der Waals surface area contributed by atoms with E-state index in [1.165, 1.54) is 0 Å². The number of nitrogens with two attached hydrogens (primary N) is 1. The summed E-state index contributed by atoms with van der Waals surface area (Å²) >= 11 is 17.3. The zero-order valence-electron chi connectivity index (χ0n) is 12.4. The highest BCUT2D eigenvalue weighted by molar-refractivity contribution is 6.55. The van der Waals surface area contributed by atoms with Gasteiger partial charge in [-0.15, -0.1) is 0 Å². The smallest absolute Gasteiger partial charge is 0.141 e. The highest BCUT2D eigenvalue weighted by Gasteiger charge is 2.09. The van der Waals surface area contributed by atoms with Crippen molar-refractivity contribution >= 4 is 34.8 Å². The SMILES string of the molecule is Cc1cc(OCC=C(Cl)Cl)cc(Cl)c1OCCCCCON. The van der Waals surface area contributed by atoms with E-state index in [0.717, 1.165) is 24.8 Å². The van der Waals surface area contributed by atoms with Gasteiger partial charge in [-0.25, -0.2) is 5.90 Å². The minimum Gasteiger partial charge on any atom is -0.492 e. The van der Waals surface area contributed by atoms with Crippen LogP contribution in [0, 0.1) is 6.92 Å². The molecule has 2 N–H and O–H groups in total. The Kier molecular flexibility index (Phi) is 9.68. The third-order valence-corrected chi connectivity index (χ3v) is 3.43. The van der Waals surface area contributed by atoms with E-state index < -0.39 is 0 Å². The molecule has 0 saturated heterocycles. The molecule has 0 atom stereocenters. The summed E-state index contributed by atoms with van der Waals surface area (Å²) in [5.74, 6) is 6.28. The molecule has 4 nitrogen and oxygen atoms in total. The molecule has 0 fully saturated rings. The van der Waals surface area contributed by atoms with Crippen molar-refractivity contribution in [1.29, 1.82) is 0 Å². The van der Waals surface area contributed by atoms with E-state index in [4.69, 9.17) is 50.2 Å². The van der Waals surface area contributed by atoms with Crippen LogP contribution < -0.4 is 15.4 Å². The molecule has 0 saturated carbocycles. The first-order chi connectivity index (χ1) is 10.5. The summed E-state index contributed by atoms with van der Waals surface area (Å²) in [4.78, 5) is 4.51. The molecule has 0 unspecified atom stereocenters. The van der Waals surface area contributed by atoms with Crippen LogP contribution in [0.5, 0.6) is 11.5 Å². The Bertz CT molecular complexity index is 468. The van der Waals surface area contributed by atoms with Crippen LogP contribution in [0.2, 0.25) is 5.02 Å². The first-order valence-electron chi connectivity index (χ1n) is 6.93. The molecule has 7 heteroatoms. The fraction of sp³-hybridized carbons (Fsp3) is 0.467. The fourth-order valence-corrected chi connectivity index (χ4v) is 2.24. The lowest BCUT2D eigenvalue weighted by molar-refractivity contribution is 0.132. The first-order valence-corrected chi connectivity index (χ1v) is 8.06. The van der Waals surface area contributed by atoms with Crippen LogP contribution in [0.1, 0.15) is 24.8 Å². The zero-order chi connectivity index (χ0) is 16.4. The number of benzene rings is 1. The summed E-state index contributed by atoms with van der Waals surface area (Å²) in [7, 11) is 0. The molecule has 0 aliphatic heterocycles. The van der Waals surface area contributed by atoms with E-state index >= 15 is 0 Å². The van der Waals surface area contributed by atoms with Crippen molar-refractivity contribution < 1.29 is 14.3 Å². The van der Waals surface area contributed by atoms with Gasteiger partial charge in [0.05, 0.1) is 18.2 Å². The van der Waals surface area contributed by atoms with Crippen LogP contribution in [0.15, 0.2) is 22.7 Å². The lowest BCUT2D eigenvalue weighted by Crippen LogP contribution is -2.03. The van der Waals surface area contributed by atoms with Crippen LogP contribution in [0.25, 0.3) is 0 Å². The molecule has 0 amide bonds. The molecule has 1 aromatic carbocycles. The van der Waals surface area contributed by atoms with Gasteiger partial charge in [0.15, 0.2) is 0 Å². The summed E-state index contributed by atoms with van der Waals surface area (Å²) in [5.41, 5.74) is 0.911. The quantitative estimate of drug-likeness (QED) is 0.477. The van der Waals surface area contributed by atoms with Crippen molar-refractivity contribution in [2.45, 2.75) is 26.2 Å². The number of halogens is 3. The molecule has 22 heavy (non-hydrogen) atoms. The number of rotatable bonds is 10. The predicted molar refractivity (Wildman–Crippen MR) is 91.0 cm³/mol. The van der Waals surface area contributed by atoms with Gasteiger partial charge in [-0.1, -0.05) is 34.8 Å². The van der Waals surface area contributed by atoms with Crippen molar-refractivity contribution in [2.24, 2.45) is 5.90 Å². The van der Waals surface area contributed by atoms with Gasteiger partial charge < -0.3 is 14.3 Å². The molecule has 124 valence electrons. The summed E-state index contributed by atoms with van der Waals surface area (Å²) < 4.78 is 11.4. The van der Waals surface area contributed by atoms with Crippen molar-refractivity contribution in [2.75, 3.05) is 19.8 Å². The molecular formula is C15H20Cl3NO3. The van der Waals surface area contributed by atoms with Gasteiger partial charge in [-0.2, -0.15) is 0 Å². The monoisotopic (exact) mass is 367 g/mol. The molecule has 1 rings (SSSR count). The van der Waals surface area contributed by atoms with Crippen molar-refractivity contribution in [1.82, 2.24) is 0 Å². The van der Waals surface area contributed by atoms with E-state index in [1.807, 2.05) is 13.0 Å². The lowest BCUT2D eigenvalue weighted by Gasteiger charge is -2.13. The van der Waals surface area contributed by atoms with E-state index in [9.17, 15) is 0 Å². The Morgan fingerprint density at radius 3 is 2.50 bits per heavy atom. The maximum atomic E-state index is 6.23. The Hall–Kier alpha value is -0.650. The Morgan fingerprint density at radius 1 is 1.14 bits per heavy atom. The van der Waals surface area contributed by atoms with Gasteiger partial charge in [0.1, 0.15) is 22.6 Å². The fourth-order valence-electron chi connectivity index (χ4n) is 1.80. The maximum absolute atomic E-state index is 6.23. The molecule has 1 aromatic rings. The summed E-state index contributed by atoms with van der Waals surface area (Å²) in [5, 5.41) is 0.515. The van der Waals surface area contributed by atoms with Gasteiger partial charge in [0.25, 0.3) is 0 Å². The van der Waals surface area contributed by atoms with Gasteiger partial charge in [-0.05, 0) is 43.9 Å². The third-order valence-electron chi connectivity index (χ3n) is 2.84. The third kappa shape index (κ3) is 7.56. The number of aryl methyl sites for hydroxylation is 1. The van der Waals surface area contributed by atoms with Crippen LogP contribution in [-0.4, -0.2) is 19.8 Å². The summed E-state index contributed by atoms with van der Waals surface area (Å²) in [6.45, 7) is 3.35. The Morgan fingerprint density at radius 2 is 1.86 bits per heavy atom. The Labute approximate surface area is 146 Å². The minimum atomic E-state index is 0.169. The predicted octanol–water partition coefficient (Wildman–Crippen LogP) is 4.79. The Balaban J connectivity index is 2.49. The van der Waals surface area contributed by atoms with Crippen LogP contribution in [-0.2, 0) is 4.84 Å². The second kappa shape index (κ2) is 11.0. The molecule has 0 bridgehead atoms. The largest absolute Gasteiger partial charge is 0.492 e. The number of hydrogen-bond acceptors (Lipinski definition) is 4. The van der Waals surface area contributed by atoms with Crippen LogP contribution in [0.4, 0.5) is 0 Å². The average molecular weight is 369 g/mol. The molecular weight excluding hydrogens is 349 g/mol. The average Bonchev–Trinajstić information content (AvgIpc) is 2.44. The van der Waals surface area contributed by atoms with Gasteiger partial charge in [-0.3, -0.25) is 0 Å². The molecule has 0 spiro atoms.